The van der Waals surface area contributed by atoms with Gasteiger partial charge in [0.15, 0.2) is 6.61 Å². The van der Waals surface area contributed by atoms with Gasteiger partial charge in [-0.2, -0.15) is 43.9 Å². The SMILES string of the molecule is C.C.C.C.C.CCC(CC(C)C(=O)O)C(=O)OCC(F)(F)C(F)(F)C(F)(F)C(F)(F)C(F)(F)C(F)F. The molecule has 0 bridgehead atoms. The van der Waals surface area contributed by atoms with Crippen molar-refractivity contribution in [3.05, 3.63) is 0 Å². The van der Waals surface area contributed by atoms with Crippen LogP contribution in [0, 0.1) is 11.8 Å². The van der Waals surface area contributed by atoms with E-state index in [-0.39, 0.29) is 43.6 Å². The van der Waals surface area contributed by atoms with Crippen LogP contribution in [0.5, 0.6) is 0 Å². The van der Waals surface area contributed by atoms with E-state index in [0.29, 0.717) is 0 Å². The van der Waals surface area contributed by atoms with Gasteiger partial charge in [0.05, 0.1) is 11.8 Å². The van der Waals surface area contributed by atoms with Crippen molar-refractivity contribution in [1.29, 1.82) is 0 Å². The predicted octanol–water partition coefficient (Wildman–Crippen LogP) is 8.29. The number of aliphatic carboxylic acids is 1. The second-order valence-corrected chi connectivity index (χ2v) is 6.54. The van der Waals surface area contributed by atoms with Crippen LogP contribution in [-0.4, -0.2) is 59.7 Å². The summed E-state index contributed by atoms with van der Waals surface area (Å²) in [5, 5.41) is 8.70. The maximum absolute atomic E-state index is 13.6. The van der Waals surface area contributed by atoms with Crippen LogP contribution in [0.4, 0.5) is 52.7 Å². The number of carboxylic acid groups (broad SMARTS) is 1. The first-order chi connectivity index (χ1) is 13.6. The second-order valence-electron chi connectivity index (χ2n) is 6.54. The summed E-state index contributed by atoms with van der Waals surface area (Å²) in [5.74, 6) is -42.3. The summed E-state index contributed by atoms with van der Waals surface area (Å²) >= 11 is 0. The number of esters is 1. The minimum atomic E-state index is -7.71. The van der Waals surface area contributed by atoms with Crippen LogP contribution in [0.25, 0.3) is 0 Å². The number of halogens is 12. The van der Waals surface area contributed by atoms with Gasteiger partial charge in [-0.3, -0.25) is 9.59 Å². The molecular weight excluding hydrogens is 532 g/mol. The average molecular weight is 568 g/mol. The number of hydrogen-bond acceptors (Lipinski definition) is 3. The summed E-state index contributed by atoms with van der Waals surface area (Å²) in [5.41, 5.74) is 0. The number of ether oxygens (including phenoxy) is 1. The Hall–Kier alpha value is -1.90. The van der Waals surface area contributed by atoms with Gasteiger partial charge < -0.3 is 9.84 Å². The number of carbonyl (C=O) groups excluding carboxylic acids is 1. The minimum absolute atomic E-state index is 0. The lowest BCUT2D eigenvalue weighted by atomic mass is 9.93. The summed E-state index contributed by atoms with van der Waals surface area (Å²) < 4.78 is 160. The Morgan fingerprint density at radius 3 is 1.47 bits per heavy atom. The third-order valence-corrected chi connectivity index (χ3v) is 4.22. The molecule has 0 radical (unpaired) electrons. The molecule has 36 heavy (non-hydrogen) atoms. The molecule has 0 aromatic rings. The highest BCUT2D eigenvalue weighted by Crippen LogP contribution is 2.58. The van der Waals surface area contributed by atoms with Crippen molar-refractivity contribution >= 4 is 11.9 Å². The summed E-state index contributed by atoms with van der Waals surface area (Å²) in [7, 11) is 0. The molecule has 0 saturated heterocycles. The Kier molecular flexibility index (Phi) is 20.2. The van der Waals surface area contributed by atoms with Crippen LogP contribution >= 0.6 is 0 Å². The minimum Gasteiger partial charge on any atom is -0.481 e. The van der Waals surface area contributed by atoms with Gasteiger partial charge in [0.2, 0.25) is 0 Å². The van der Waals surface area contributed by atoms with Crippen molar-refractivity contribution in [2.24, 2.45) is 11.8 Å². The van der Waals surface area contributed by atoms with Crippen LogP contribution in [0.1, 0.15) is 63.8 Å². The van der Waals surface area contributed by atoms with E-state index in [1.54, 1.807) is 0 Å². The molecule has 1 N–H and O–H groups in total. The number of hydrogen-bond donors (Lipinski definition) is 1. The summed E-state index contributed by atoms with van der Waals surface area (Å²) in [6.45, 7) is -0.746. The normalized spacial score (nSPS) is 14.0. The van der Waals surface area contributed by atoms with Gasteiger partial charge in [-0.15, -0.1) is 0 Å². The standard InChI is InChI=1S/C15H16F12O4.5CH4/c1-3-7(4-6(2)8(28)29)9(30)31-5-11(18,19)13(22,23)15(26,27)14(24,25)12(20,21)10(16)17;;;;;/h6-7,10H,3-5H2,1-2H3,(H,28,29);5*1H4. The highest BCUT2D eigenvalue weighted by molar-refractivity contribution is 5.74. The Morgan fingerprint density at radius 1 is 0.778 bits per heavy atom. The lowest BCUT2D eigenvalue weighted by Crippen LogP contribution is -2.69. The van der Waals surface area contributed by atoms with E-state index < -0.39 is 72.8 Å². The zero-order valence-electron chi connectivity index (χ0n) is 15.6. The molecule has 0 spiro atoms. The monoisotopic (exact) mass is 568 g/mol. The van der Waals surface area contributed by atoms with Gasteiger partial charge in [-0.1, -0.05) is 51.0 Å². The van der Waals surface area contributed by atoms with Gasteiger partial charge in [0.1, 0.15) is 0 Å². The van der Waals surface area contributed by atoms with Crippen LogP contribution in [0.3, 0.4) is 0 Å². The summed E-state index contributed by atoms with van der Waals surface area (Å²) in [6, 6.07) is 0. The van der Waals surface area contributed by atoms with Gasteiger partial charge in [0.25, 0.3) is 0 Å². The first-order valence-electron chi connectivity index (χ1n) is 8.18. The Labute approximate surface area is 203 Å². The van der Waals surface area contributed by atoms with E-state index in [1.165, 1.54) is 6.92 Å². The highest BCUT2D eigenvalue weighted by Gasteiger charge is 2.87. The van der Waals surface area contributed by atoms with E-state index >= 15 is 0 Å². The topological polar surface area (TPSA) is 63.6 Å². The Bertz CT molecular complexity index is 655. The molecule has 16 heteroatoms. The molecule has 0 amide bonds. The van der Waals surface area contributed by atoms with Crippen molar-refractivity contribution in [2.75, 3.05) is 6.61 Å². The van der Waals surface area contributed by atoms with Crippen molar-refractivity contribution in [2.45, 2.75) is 99.9 Å². The molecule has 0 aliphatic heterocycles. The number of carboxylic acids is 1. The fourth-order valence-electron chi connectivity index (χ4n) is 2.10. The summed E-state index contributed by atoms with van der Waals surface area (Å²) in [6.07, 6.45) is -6.48. The lowest BCUT2D eigenvalue weighted by Gasteiger charge is -2.39. The fraction of sp³-hybridized carbons (Fsp3) is 0.900. The molecule has 0 saturated carbocycles. The Balaban J connectivity index is -0.000000450. The Morgan fingerprint density at radius 2 is 1.17 bits per heavy atom. The van der Waals surface area contributed by atoms with Crippen molar-refractivity contribution in [3.63, 3.8) is 0 Å². The van der Waals surface area contributed by atoms with Gasteiger partial charge in [0, 0.05) is 0 Å². The molecule has 224 valence electrons. The molecule has 0 aromatic heterocycles. The van der Waals surface area contributed by atoms with Crippen LogP contribution in [0.15, 0.2) is 0 Å². The maximum Gasteiger partial charge on any atom is 0.384 e. The summed E-state index contributed by atoms with van der Waals surface area (Å²) in [4.78, 5) is 22.4. The zero-order valence-corrected chi connectivity index (χ0v) is 15.6. The van der Waals surface area contributed by atoms with E-state index in [0.717, 1.165) is 6.92 Å². The number of carbonyl (C=O) groups is 2. The third-order valence-electron chi connectivity index (χ3n) is 4.22. The first kappa shape index (κ1) is 47.3. The lowest BCUT2D eigenvalue weighted by molar-refractivity contribution is -0.414. The van der Waals surface area contributed by atoms with E-state index in [9.17, 15) is 62.3 Å². The number of rotatable bonds is 12. The molecule has 2 unspecified atom stereocenters. The molecule has 0 heterocycles. The molecule has 0 fully saturated rings. The van der Waals surface area contributed by atoms with Crippen molar-refractivity contribution in [1.82, 2.24) is 0 Å². The van der Waals surface area contributed by atoms with E-state index in [2.05, 4.69) is 4.74 Å². The van der Waals surface area contributed by atoms with Crippen LogP contribution in [0.2, 0.25) is 0 Å². The maximum atomic E-state index is 13.6. The molecule has 4 nitrogen and oxygen atoms in total. The average Bonchev–Trinajstić information content (AvgIpc) is 2.62. The molecule has 2 atom stereocenters. The van der Waals surface area contributed by atoms with Crippen molar-refractivity contribution < 1.29 is 72.1 Å². The third kappa shape index (κ3) is 8.60. The quantitative estimate of drug-likeness (QED) is 0.190. The van der Waals surface area contributed by atoms with Gasteiger partial charge in [-0.05, 0) is 12.8 Å². The molecule has 0 aliphatic carbocycles. The van der Waals surface area contributed by atoms with Crippen LogP contribution in [-0.2, 0) is 14.3 Å². The smallest absolute Gasteiger partial charge is 0.384 e. The highest BCUT2D eigenvalue weighted by atomic mass is 19.4. The van der Waals surface area contributed by atoms with Crippen molar-refractivity contribution in [3.8, 4) is 0 Å². The van der Waals surface area contributed by atoms with Gasteiger partial charge in [-0.25, -0.2) is 8.78 Å². The van der Waals surface area contributed by atoms with Gasteiger partial charge >= 0.3 is 48.0 Å². The molecule has 0 aliphatic rings. The molecular formula is C20H36F12O4. The fourth-order valence-corrected chi connectivity index (χ4v) is 2.10. The number of alkyl halides is 12. The predicted molar refractivity (Wildman–Crippen MR) is 111 cm³/mol. The van der Waals surface area contributed by atoms with E-state index in [4.69, 9.17) is 5.11 Å². The zero-order chi connectivity index (χ0) is 25.2. The largest absolute Gasteiger partial charge is 0.481 e. The first-order valence-corrected chi connectivity index (χ1v) is 8.18. The van der Waals surface area contributed by atoms with Crippen LogP contribution < -0.4 is 0 Å². The molecule has 0 aromatic carbocycles. The molecule has 0 rings (SSSR count). The van der Waals surface area contributed by atoms with E-state index in [1.807, 2.05) is 0 Å². The second kappa shape index (κ2) is 15.4.